The van der Waals surface area contributed by atoms with Gasteiger partial charge >= 0.3 is 0 Å². The summed E-state index contributed by atoms with van der Waals surface area (Å²) in [4.78, 5) is 21.3. The summed E-state index contributed by atoms with van der Waals surface area (Å²) < 4.78 is 7.49. The number of aryl methyl sites for hydroxylation is 1. The van der Waals surface area contributed by atoms with Crippen LogP contribution >= 0.6 is 11.8 Å². The van der Waals surface area contributed by atoms with Crippen LogP contribution in [0.5, 0.6) is 5.75 Å². The van der Waals surface area contributed by atoms with Gasteiger partial charge in [-0.2, -0.15) is 0 Å². The molecule has 0 spiro atoms. The Hall–Kier alpha value is -3.06. The second-order valence-corrected chi connectivity index (χ2v) is 9.73. The summed E-state index contributed by atoms with van der Waals surface area (Å²) in [6, 6.07) is 17.9. The van der Waals surface area contributed by atoms with Gasteiger partial charge in [-0.15, -0.1) is 0 Å². The predicted molar refractivity (Wildman–Crippen MR) is 130 cm³/mol. The first-order valence-corrected chi connectivity index (χ1v) is 11.8. The molecule has 2 aromatic heterocycles. The van der Waals surface area contributed by atoms with Gasteiger partial charge in [-0.3, -0.25) is 9.89 Å². The van der Waals surface area contributed by atoms with Gasteiger partial charge in [0.25, 0.3) is 5.56 Å². The molecule has 2 aromatic carbocycles. The molecule has 0 atom stereocenters. The molecule has 2 heterocycles. The summed E-state index contributed by atoms with van der Waals surface area (Å²) in [7, 11) is 0. The Kier molecular flexibility index (Phi) is 6.37. The molecule has 0 fully saturated rings. The maximum Gasteiger partial charge on any atom is 0.266 e. The first-order chi connectivity index (χ1) is 15.3. The van der Waals surface area contributed by atoms with Gasteiger partial charge in [0.2, 0.25) is 0 Å². The van der Waals surface area contributed by atoms with Crippen molar-refractivity contribution in [2.45, 2.75) is 44.7 Å². The molecule has 0 aliphatic carbocycles. The van der Waals surface area contributed by atoms with Gasteiger partial charge in [0, 0.05) is 17.4 Å². The summed E-state index contributed by atoms with van der Waals surface area (Å²) in [6.45, 7) is 9.22. The van der Waals surface area contributed by atoms with E-state index in [1.165, 1.54) is 29.0 Å². The quantitative estimate of drug-likeness (QED) is 0.314. The molecule has 6 nitrogen and oxygen atoms in total. The average Bonchev–Trinajstić information content (AvgIpc) is 3.16. The predicted octanol–water partition coefficient (Wildman–Crippen LogP) is 5.12. The van der Waals surface area contributed by atoms with Crippen molar-refractivity contribution < 1.29 is 4.74 Å². The number of rotatable bonds is 7. The lowest BCUT2D eigenvalue weighted by Gasteiger charge is -2.19. The minimum absolute atomic E-state index is 0.0785. The molecule has 7 heteroatoms. The number of benzene rings is 2. The molecule has 0 saturated carbocycles. The lowest BCUT2D eigenvalue weighted by molar-refractivity contribution is 0.343. The van der Waals surface area contributed by atoms with Gasteiger partial charge in [-0.05, 0) is 35.1 Å². The Balaban J connectivity index is 1.52. The van der Waals surface area contributed by atoms with Crippen molar-refractivity contribution in [1.29, 1.82) is 0 Å². The first-order valence-electron chi connectivity index (χ1n) is 10.8. The highest BCUT2D eigenvalue weighted by atomic mass is 32.2. The van der Waals surface area contributed by atoms with Crippen molar-refractivity contribution in [3.05, 3.63) is 76.1 Å². The Morgan fingerprint density at radius 1 is 1.03 bits per heavy atom. The number of ether oxygens (including phenoxy) is 1. The number of aromatic amines is 1. The monoisotopic (exact) mass is 448 g/mol. The fraction of sp³-hybridized carbons (Fsp3) is 0.320. The molecular weight excluding hydrogens is 420 g/mol. The van der Waals surface area contributed by atoms with Crippen molar-refractivity contribution in [1.82, 2.24) is 19.6 Å². The van der Waals surface area contributed by atoms with Crippen LogP contribution in [0.1, 0.15) is 38.8 Å². The first kappa shape index (κ1) is 22.1. The largest absolute Gasteiger partial charge is 0.493 e. The molecule has 32 heavy (non-hydrogen) atoms. The number of nitrogens with one attached hydrogen (secondary N) is 1. The number of fused-ring (bicyclic) bond motifs is 1. The SMILES string of the molecule is CCc1ccc(OCCSc2nc(-c3ccc(C(C)(C)C)cc3)nc3cc(=O)[nH]n23)cc1. The van der Waals surface area contributed by atoms with Gasteiger partial charge in [0.1, 0.15) is 5.75 Å². The van der Waals surface area contributed by atoms with E-state index in [4.69, 9.17) is 9.72 Å². The summed E-state index contributed by atoms with van der Waals surface area (Å²) >= 11 is 1.52. The molecule has 0 saturated heterocycles. The van der Waals surface area contributed by atoms with Crippen LogP contribution in [-0.4, -0.2) is 31.9 Å². The van der Waals surface area contributed by atoms with E-state index in [0.29, 0.717) is 29.0 Å². The lowest BCUT2D eigenvalue weighted by Crippen LogP contribution is -2.10. The third-order valence-corrected chi connectivity index (χ3v) is 6.15. The lowest BCUT2D eigenvalue weighted by atomic mass is 9.87. The topological polar surface area (TPSA) is 72.3 Å². The van der Waals surface area contributed by atoms with Crippen molar-refractivity contribution in [3.8, 4) is 17.1 Å². The number of hydrogen-bond acceptors (Lipinski definition) is 5. The standard InChI is InChI=1S/C25H28N4O2S/c1-5-17-6-12-20(13-7-17)31-14-15-32-24-27-23(26-21-16-22(30)28-29(21)24)18-8-10-19(11-9-18)25(2,3)4/h6-13,16H,5,14-15H2,1-4H3,(H,28,30). The van der Waals surface area contributed by atoms with Crippen molar-refractivity contribution in [2.75, 3.05) is 12.4 Å². The van der Waals surface area contributed by atoms with E-state index in [1.54, 1.807) is 4.52 Å². The van der Waals surface area contributed by atoms with E-state index in [1.807, 2.05) is 24.3 Å². The minimum Gasteiger partial charge on any atom is -0.493 e. The zero-order valence-electron chi connectivity index (χ0n) is 18.9. The minimum atomic E-state index is -0.200. The Morgan fingerprint density at radius 3 is 2.41 bits per heavy atom. The molecule has 0 bridgehead atoms. The van der Waals surface area contributed by atoms with Crippen molar-refractivity contribution in [3.63, 3.8) is 0 Å². The van der Waals surface area contributed by atoms with Crippen molar-refractivity contribution in [2.24, 2.45) is 0 Å². The number of aromatic nitrogens is 4. The van der Waals surface area contributed by atoms with E-state index in [9.17, 15) is 4.79 Å². The third-order valence-electron chi connectivity index (χ3n) is 5.25. The summed E-state index contributed by atoms with van der Waals surface area (Å²) in [5.74, 6) is 2.14. The third kappa shape index (κ3) is 5.05. The zero-order valence-corrected chi connectivity index (χ0v) is 19.7. The normalized spacial score (nSPS) is 11.8. The van der Waals surface area contributed by atoms with Crippen LogP contribution < -0.4 is 10.3 Å². The van der Waals surface area contributed by atoms with Crippen LogP contribution in [0.15, 0.2) is 64.5 Å². The van der Waals surface area contributed by atoms with Gasteiger partial charge < -0.3 is 4.74 Å². The van der Waals surface area contributed by atoms with Crippen LogP contribution in [0.4, 0.5) is 0 Å². The fourth-order valence-electron chi connectivity index (χ4n) is 3.34. The van der Waals surface area contributed by atoms with Gasteiger partial charge in [-0.25, -0.2) is 14.5 Å². The van der Waals surface area contributed by atoms with E-state index in [2.05, 4.69) is 62.0 Å². The molecule has 0 radical (unpaired) electrons. The Labute approximate surface area is 192 Å². The number of thioether (sulfide) groups is 1. The second-order valence-electron chi connectivity index (χ2n) is 8.67. The number of hydrogen-bond donors (Lipinski definition) is 1. The van der Waals surface area contributed by atoms with Crippen LogP contribution in [0.3, 0.4) is 0 Å². The highest BCUT2D eigenvalue weighted by Gasteiger charge is 2.15. The van der Waals surface area contributed by atoms with Crippen LogP contribution in [0.25, 0.3) is 17.0 Å². The van der Waals surface area contributed by atoms with E-state index in [-0.39, 0.29) is 11.0 Å². The molecule has 166 valence electrons. The Bertz CT molecular complexity index is 1250. The maximum absolute atomic E-state index is 11.9. The van der Waals surface area contributed by atoms with Crippen molar-refractivity contribution >= 4 is 17.4 Å². The maximum atomic E-state index is 11.9. The van der Waals surface area contributed by atoms with Crippen LogP contribution in [-0.2, 0) is 11.8 Å². The molecule has 0 amide bonds. The molecular formula is C25H28N4O2S. The molecule has 0 unspecified atom stereocenters. The highest BCUT2D eigenvalue weighted by molar-refractivity contribution is 7.99. The Morgan fingerprint density at radius 2 is 1.75 bits per heavy atom. The summed E-state index contributed by atoms with van der Waals surface area (Å²) in [5, 5.41) is 3.46. The van der Waals surface area contributed by atoms with E-state index < -0.39 is 0 Å². The highest BCUT2D eigenvalue weighted by Crippen LogP contribution is 2.26. The molecule has 4 rings (SSSR count). The molecule has 1 N–H and O–H groups in total. The van der Waals surface area contributed by atoms with Gasteiger partial charge in [0.05, 0.1) is 6.61 Å². The second kappa shape index (κ2) is 9.20. The van der Waals surface area contributed by atoms with E-state index in [0.717, 1.165) is 17.7 Å². The molecule has 4 aromatic rings. The number of nitrogens with zero attached hydrogens (tertiary/aromatic N) is 3. The molecule has 0 aliphatic heterocycles. The van der Waals surface area contributed by atoms with E-state index >= 15 is 0 Å². The smallest absolute Gasteiger partial charge is 0.266 e. The summed E-state index contributed by atoms with van der Waals surface area (Å²) in [6.07, 6.45) is 1.01. The van der Waals surface area contributed by atoms with Crippen LogP contribution in [0.2, 0.25) is 0 Å². The average molecular weight is 449 g/mol. The van der Waals surface area contributed by atoms with Gasteiger partial charge in [-0.1, -0.05) is 75.9 Å². The molecule has 0 aliphatic rings. The van der Waals surface area contributed by atoms with Gasteiger partial charge in [0.15, 0.2) is 16.6 Å². The summed E-state index contributed by atoms with van der Waals surface area (Å²) in [5.41, 5.74) is 3.89. The van der Waals surface area contributed by atoms with Crippen LogP contribution in [0, 0.1) is 0 Å². The zero-order chi connectivity index (χ0) is 22.7. The number of H-pyrrole nitrogens is 1. The fourth-order valence-corrected chi connectivity index (χ4v) is 4.11.